The molecule has 0 bridgehead atoms. The molecule has 0 spiro atoms. The summed E-state index contributed by atoms with van der Waals surface area (Å²) in [6.45, 7) is 10.4. The summed E-state index contributed by atoms with van der Waals surface area (Å²) in [5.74, 6) is -1.29. The molecule has 4 nitrogen and oxygen atoms in total. The minimum atomic E-state index is -0.682. The van der Waals surface area contributed by atoms with Gasteiger partial charge in [-0.05, 0) is 41.5 Å². The molecule has 0 aliphatic heterocycles. The van der Waals surface area contributed by atoms with Crippen molar-refractivity contribution in [3.05, 3.63) is 12.2 Å². The number of esters is 2. The SMILES string of the molecule is CC(C)(C)OC(=O)[C-]=CC(=O)OC(C)(C)C.[Nb]. The van der Waals surface area contributed by atoms with E-state index in [1.54, 1.807) is 41.5 Å². The maximum absolute atomic E-state index is 11.2. The summed E-state index contributed by atoms with van der Waals surface area (Å²) < 4.78 is 9.88. The maximum atomic E-state index is 11.2. The van der Waals surface area contributed by atoms with Gasteiger partial charge in [-0.2, -0.15) is 6.08 Å². The average molecular weight is 320 g/mol. The largest absolute Gasteiger partial charge is 0.543 e. The first kappa shape index (κ1) is 18.8. The van der Waals surface area contributed by atoms with E-state index in [-0.39, 0.29) is 22.4 Å². The van der Waals surface area contributed by atoms with Crippen molar-refractivity contribution in [3.63, 3.8) is 0 Å². The zero-order valence-corrected chi connectivity index (χ0v) is 13.4. The van der Waals surface area contributed by atoms with E-state index in [2.05, 4.69) is 6.08 Å². The number of ether oxygens (including phenoxy) is 2. The third kappa shape index (κ3) is 13.4. The fourth-order valence-electron chi connectivity index (χ4n) is 0.757. The first-order valence-electron chi connectivity index (χ1n) is 5.05. The molecule has 0 fully saturated rings. The predicted octanol–water partition coefficient (Wildman–Crippen LogP) is 2.03. The van der Waals surface area contributed by atoms with E-state index in [0.717, 1.165) is 6.08 Å². The van der Waals surface area contributed by atoms with Gasteiger partial charge in [0, 0.05) is 22.4 Å². The fraction of sp³-hybridized carbons (Fsp3) is 0.667. The molecule has 97 valence electrons. The van der Waals surface area contributed by atoms with E-state index in [1.807, 2.05) is 0 Å². The number of hydrogen-bond acceptors (Lipinski definition) is 4. The first-order valence-corrected chi connectivity index (χ1v) is 5.05. The minimum Gasteiger partial charge on any atom is -0.543 e. The molecule has 0 aromatic rings. The second-order valence-electron chi connectivity index (χ2n) is 5.32. The molecule has 0 saturated carbocycles. The smallest absolute Gasteiger partial charge is 0.238 e. The second-order valence-corrected chi connectivity index (χ2v) is 5.32. The van der Waals surface area contributed by atoms with Gasteiger partial charge in [0.1, 0.15) is 5.60 Å². The van der Waals surface area contributed by atoms with Gasteiger partial charge in [-0.1, -0.05) is 0 Å². The van der Waals surface area contributed by atoms with Crippen molar-refractivity contribution in [2.24, 2.45) is 0 Å². The Morgan fingerprint density at radius 2 is 1.35 bits per heavy atom. The van der Waals surface area contributed by atoms with Gasteiger partial charge < -0.3 is 14.3 Å². The topological polar surface area (TPSA) is 52.6 Å². The van der Waals surface area contributed by atoms with E-state index in [1.165, 1.54) is 0 Å². The van der Waals surface area contributed by atoms with Gasteiger partial charge >= 0.3 is 0 Å². The predicted molar refractivity (Wildman–Crippen MR) is 59.5 cm³/mol. The van der Waals surface area contributed by atoms with Gasteiger partial charge in [0.25, 0.3) is 0 Å². The molecule has 0 saturated heterocycles. The van der Waals surface area contributed by atoms with Crippen molar-refractivity contribution >= 4 is 11.9 Å². The van der Waals surface area contributed by atoms with Crippen LogP contribution in [-0.4, -0.2) is 23.1 Å². The molecule has 0 heterocycles. The molecule has 0 aliphatic carbocycles. The molecule has 0 unspecified atom stereocenters. The minimum absolute atomic E-state index is 0. The van der Waals surface area contributed by atoms with E-state index >= 15 is 0 Å². The zero-order valence-electron chi connectivity index (χ0n) is 11.2. The van der Waals surface area contributed by atoms with E-state index in [9.17, 15) is 9.59 Å². The Balaban J connectivity index is 0. The summed E-state index contributed by atoms with van der Waals surface area (Å²) >= 11 is 0. The van der Waals surface area contributed by atoms with Crippen LogP contribution in [0.4, 0.5) is 0 Å². The van der Waals surface area contributed by atoms with Crippen LogP contribution in [-0.2, 0) is 41.4 Å². The van der Waals surface area contributed by atoms with Gasteiger partial charge in [0.15, 0.2) is 5.97 Å². The molecule has 0 aromatic carbocycles. The number of carbonyl (C=O) groups excluding carboxylic acids is 2. The Labute approximate surface area is 118 Å². The fourth-order valence-corrected chi connectivity index (χ4v) is 0.757. The van der Waals surface area contributed by atoms with Crippen LogP contribution in [0.15, 0.2) is 6.08 Å². The Bertz CT molecular complexity index is 265. The zero-order chi connectivity index (χ0) is 13.0. The van der Waals surface area contributed by atoms with Crippen molar-refractivity contribution in [1.82, 2.24) is 0 Å². The third-order valence-electron chi connectivity index (χ3n) is 1.11. The molecule has 0 N–H and O–H groups in total. The standard InChI is InChI=1S/C12H19O4.Nb/c1-11(2,3)15-9(13)7-8-10(14)16-12(4,5)6;/h7H,1-6H3;/q-1;. The molecular weight excluding hydrogens is 301 g/mol. The van der Waals surface area contributed by atoms with Gasteiger partial charge in [-0.15, -0.1) is 6.08 Å². The molecular formula is C12H19NbO4-. The molecule has 0 amide bonds. The van der Waals surface area contributed by atoms with Gasteiger partial charge in [-0.3, -0.25) is 4.79 Å². The molecule has 5 heteroatoms. The van der Waals surface area contributed by atoms with E-state index in [0.29, 0.717) is 0 Å². The second kappa shape index (κ2) is 6.99. The van der Waals surface area contributed by atoms with Crippen LogP contribution in [0.5, 0.6) is 0 Å². The van der Waals surface area contributed by atoms with Crippen molar-refractivity contribution < 1.29 is 41.4 Å². The number of hydrogen-bond donors (Lipinski definition) is 0. The van der Waals surface area contributed by atoms with Gasteiger partial charge in [-0.25, -0.2) is 0 Å². The summed E-state index contributed by atoms with van der Waals surface area (Å²) in [4.78, 5) is 22.3. The van der Waals surface area contributed by atoms with Gasteiger partial charge in [0.05, 0.1) is 5.60 Å². The van der Waals surface area contributed by atoms with Crippen LogP contribution >= 0.6 is 0 Å². The van der Waals surface area contributed by atoms with Crippen LogP contribution in [0.25, 0.3) is 0 Å². The van der Waals surface area contributed by atoms with Crippen LogP contribution in [0.3, 0.4) is 0 Å². The monoisotopic (exact) mass is 320 g/mol. The van der Waals surface area contributed by atoms with Crippen molar-refractivity contribution in [2.45, 2.75) is 52.7 Å². The summed E-state index contributed by atoms with van der Waals surface area (Å²) in [6, 6.07) is 0. The van der Waals surface area contributed by atoms with Crippen LogP contribution in [0, 0.1) is 6.08 Å². The van der Waals surface area contributed by atoms with Gasteiger partial charge in [0.2, 0.25) is 5.97 Å². The number of rotatable bonds is 2. The summed E-state index contributed by atoms with van der Waals surface area (Å²) in [5, 5.41) is 0. The molecule has 1 radical (unpaired) electrons. The molecule has 0 aliphatic rings. The van der Waals surface area contributed by atoms with Crippen LogP contribution in [0.2, 0.25) is 0 Å². The molecule has 0 rings (SSSR count). The Kier molecular flexibility index (Phi) is 7.72. The molecule has 0 atom stereocenters. The van der Waals surface area contributed by atoms with Crippen molar-refractivity contribution in [2.75, 3.05) is 0 Å². The normalized spacial score (nSPS) is 11.9. The Hall–Kier alpha value is -0.580. The molecule has 0 aromatic heterocycles. The van der Waals surface area contributed by atoms with Crippen LogP contribution in [0.1, 0.15) is 41.5 Å². The quantitative estimate of drug-likeness (QED) is 0.338. The maximum Gasteiger partial charge on any atom is 0.238 e. The van der Waals surface area contributed by atoms with Crippen molar-refractivity contribution in [1.29, 1.82) is 0 Å². The van der Waals surface area contributed by atoms with E-state index < -0.39 is 23.1 Å². The number of carbonyl (C=O) groups is 2. The average Bonchev–Trinajstić information content (AvgIpc) is 1.94. The van der Waals surface area contributed by atoms with Crippen molar-refractivity contribution in [3.8, 4) is 0 Å². The third-order valence-corrected chi connectivity index (χ3v) is 1.11. The molecule has 17 heavy (non-hydrogen) atoms. The Morgan fingerprint density at radius 1 is 0.941 bits per heavy atom. The summed E-state index contributed by atoms with van der Waals surface area (Å²) in [6.07, 6.45) is 3.14. The summed E-state index contributed by atoms with van der Waals surface area (Å²) in [5.41, 5.74) is -1.17. The van der Waals surface area contributed by atoms with E-state index in [4.69, 9.17) is 9.47 Å². The Morgan fingerprint density at radius 3 is 1.71 bits per heavy atom. The van der Waals surface area contributed by atoms with Crippen LogP contribution < -0.4 is 0 Å². The first-order chi connectivity index (χ1) is 6.99. The summed E-state index contributed by atoms with van der Waals surface area (Å²) in [7, 11) is 0.